The quantitative estimate of drug-likeness (QED) is 0.741. The molecular weight excluding hydrogens is 341 g/mol. The van der Waals surface area contributed by atoms with Crippen molar-refractivity contribution in [1.82, 2.24) is 15.2 Å². The van der Waals surface area contributed by atoms with E-state index in [1.165, 1.54) is 37.9 Å². The van der Waals surface area contributed by atoms with Gasteiger partial charge in [0.1, 0.15) is 5.82 Å². The number of unbranched alkanes of at least 4 members (excludes halogenated alkanes) is 2. The summed E-state index contributed by atoms with van der Waals surface area (Å²) < 4.78 is 13.3. The number of pyridine rings is 1. The third kappa shape index (κ3) is 5.60. The summed E-state index contributed by atoms with van der Waals surface area (Å²) in [6, 6.07) is 10.0. The maximum absolute atomic E-state index is 13.3. The van der Waals surface area contributed by atoms with Gasteiger partial charge in [0, 0.05) is 30.9 Å². The normalized spacial score (nSPS) is 15.6. The molecule has 1 aliphatic heterocycles. The molecule has 1 N–H and O–H groups in total. The summed E-state index contributed by atoms with van der Waals surface area (Å²) in [5.74, 6) is -0.380. The number of benzene rings is 1. The first-order valence-corrected chi connectivity index (χ1v) is 9.91. The standard InChI is InChI=1S/C22H28FN3O/c1-2-3-4-12-26-13-10-20(11-14-26)25-22(27)18-8-9-21(24-16-18)17-6-5-7-19(23)15-17/h5-9,15-16,20H,2-4,10-14H2,1H3,(H,25,27). The molecule has 2 heterocycles. The Morgan fingerprint density at radius 2 is 2.04 bits per heavy atom. The Morgan fingerprint density at radius 1 is 1.22 bits per heavy atom. The number of amides is 1. The van der Waals surface area contributed by atoms with Crippen molar-refractivity contribution in [3.63, 3.8) is 0 Å². The maximum atomic E-state index is 13.3. The van der Waals surface area contributed by atoms with Crippen LogP contribution in [0.5, 0.6) is 0 Å². The summed E-state index contributed by atoms with van der Waals surface area (Å²) in [7, 11) is 0. The van der Waals surface area contributed by atoms with Crippen LogP contribution in [0.25, 0.3) is 11.3 Å². The van der Waals surface area contributed by atoms with Crippen molar-refractivity contribution in [2.24, 2.45) is 0 Å². The van der Waals surface area contributed by atoms with E-state index in [-0.39, 0.29) is 17.8 Å². The Hall–Kier alpha value is -2.27. The van der Waals surface area contributed by atoms with Crippen molar-refractivity contribution in [3.8, 4) is 11.3 Å². The second-order valence-electron chi connectivity index (χ2n) is 7.24. The highest BCUT2D eigenvalue weighted by Gasteiger charge is 2.21. The lowest BCUT2D eigenvalue weighted by Gasteiger charge is -2.32. The van der Waals surface area contributed by atoms with Crippen LogP contribution < -0.4 is 5.32 Å². The molecule has 1 aliphatic rings. The molecule has 1 fully saturated rings. The second kappa shape index (κ2) is 9.60. The van der Waals surface area contributed by atoms with E-state index in [0.717, 1.165) is 25.9 Å². The van der Waals surface area contributed by atoms with Crippen molar-refractivity contribution in [3.05, 3.63) is 54.0 Å². The Kier molecular flexibility index (Phi) is 6.93. The van der Waals surface area contributed by atoms with Crippen molar-refractivity contribution >= 4 is 5.91 Å². The fourth-order valence-electron chi connectivity index (χ4n) is 3.50. The van der Waals surface area contributed by atoms with Crippen molar-refractivity contribution in [2.45, 2.75) is 45.1 Å². The van der Waals surface area contributed by atoms with Gasteiger partial charge in [-0.25, -0.2) is 4.39 Å². The molecule has 0 aliphatic carbocycles. The summed E-state index contributed by atoms with van der Waals surface area (Å²) in [5, 5.41) is 3.13. The molecule has 5 heteroatoms. The van der Waals surface area contributed by atoms with E-state index in [1.807, 2.05) is 0 Å². The zero-order valence-electron chi connectivity index (χ0n) is 16.0. The van der Waals surface area contributed by atoms with Gasteiger partial charge >= 0.3 is 0 Å². The summed E-state index contributed by atoms with van der Waals surface area (Å²) in [4.78, 5) is 19.3. The average Bonchev–Trinajstić information content (AvgIpc) is 2.69. The number of hydrogen-bond donors (Lipinski definition) is 1. The fraction of sp³-hybridized carbons (Fsp3) is 0.455. The van der Waals surface area contributed by atoms with E-state index >= 15 is 0 Å². The summed E-state index contributed by atoms with van der Waals surface area (Å²) in [6.45, 7) is 5.48. The second-order valence-corrected chi connectivity index (χ2v) is 7.24. The van der Waals surface area contributed by atoms with Crippen LogP contribution in [0.15, 0.2) is 42.6 Å². The molecule has 27 heavy (non-hydrogen) atoms. The number of nitrogens with one attached hydrogen (secondary N) is 1. The van der Waals surface area contributed by atoms with Gasteiger partial charge in [0.15, 0.2) is 0 Å². The number of hydrogen-bond acceptors (Lipinski definition) is 3. The summed E-state index contributed by atoms with van der Waals surface area (Å²) in [5.41, 5.74) is 1.91. The minimum absolute atomic E-state index is 0.0854. The first-order chi connectivity index (χ1) is 13.2. The summed E-state index contributed by atoms with van der Waals surface area (Å²) in [6.07, 6.45) is 7.35. The molecular formula is C22H28FN3O. The van der Waals surface area contributed by atoms with E-state index in [9.17, 15) is 9.18 Å². The number of carbonyl (C=O) groups excluding carboxylic acids is 1. The first kappa shape index (κ1) is 19.5. The molecule has 1 amide bonds. The molecule has 3 rings (SSSR count). The monoisotopic (exact) mass is 369 g/mol. The number of piperidine rings is 1. The first-order valence-electron chi connectivity index (χ1n) is 9.91. The molecule has 0 saturated carbocycles. The predicted molar refractivity (Wildman–Crippen MR) is 106 cm³/mol. The Balaban J connectivity index is 1.50. The Bertz CT molecular complexity index is 739. The maximum Gasteiger partial charge on any atom is 0.253 e. The Morgan fingerprint density at radius 3 is 2.70 bits per heavy atom. The van der Waals surface area contributed by atoms with Crippen molar-refractivity contribution in [2.75, 3.05) is 19.6 Å². The van der Waals surface area contributed by atoms with Gasteiger partial charge in [-0.15, -0.1) is 0 Å². The van der Waals surface area contributed by atoms with E-state index < -0.39 is 0 Å². The number of carbonyl (C=O) groups is 1. The van der Waals surface area contributed by atoms with Crippen LogP contribution in [0.2, 0.25) is 0 Å². The van der Waals surface area contributed by atoms with Gasteiger partial charge in [0.05, 0.1) is 11.3 Å². The number of rotatable bonds is 7. The molecule has 1 aromatic carbocycles. The fourth-order valence-corrected chi connectivity index (χ4v) is 3.50. The van der Waals surface area contributed by atoms with Crippen LogP contribution >= 0.6 is 0 Å². The van der Waals surface area contributed by atoms with Gasteiger partial charge in [-0.05, 0) is 50.1 Å². The summed E-state index contributed by atoms with van der Waals surface area (Å²) >= 11 is 0. The Labute approximate surface area is 160 Å². The predicted octanol–water partition coefficient (Wildman–Crippen LogP) is 4.27. The molecule has 144 valence electrons. The lowest BCUT2D eigenvalue weighted by Crippen LogP contribution is -2.44. The molecule has 0 atom stereocenters. The minimum atomic E-state index is -0.294. The van der Waals surface area contributed by atoms with Crippen LogP contribution in [-0.2, 0) is 0 Å². The van der Waals surface area contributed by atoms with Crippen LogP contribution in [0.1, 0.15) is 49.4 Å². The van der Waals surface area contributed by atoms with Gasteiger partial charge in [-0.2, -0.15) is 0 Å². The van der Waals surface area contributed by atoms with E-state index in [1.54, 1.807) is 30.5 Å². The third-order valence-corrected chi connectivity index (χ3v) is 5.15. The van der Waals surface area contributed by atoms with E-state index in [0.29, 0.717) is 16.8 Å². The third-order valence-electron chi connectivity index (χ3n) is 5.15. The lowest BCUT2D eigenvalue weighted by molar-refractivity contribution is 0.0910. The molecule has 1 aromatic heterocycles. The van der Waals surface area contributed by atoms with E-state index in [4.69, 9.17) is 0 Å². The number of aromatic nitrogens is 1. The van der Waals surface area contributed by atoms with Gasteiger partial charge < -0.3 is 10.2 Å². The molecule has 0 bridgehead atoms. The molecule has 0 radical (unpaired) electrons. The van der Waals surface area contributed by atoms with Crippen LogP contribution in [-0.4, -0.2) is 41.5 Å². The van der Waals surface area contributed by atoms with Gasteiger partial charge in [0.25, 0.3) is 5.91 Å². The molecule has 2 aromatic rings. The smallest absolute Gasteiger partial charge is 0.253 e. The topological polar surface area (TPSA) is 45.2 Å². The number of halogens is 1. The highest BCUT2D eigenvalue weighted by molar-refractivity contribution is 5.94. The van der Waals surface area contributed by atoms with E-state index in [2.05, 4.69) is 22.1 Å². The van der Waals surface area contributed by atoms with Crippen molar-refractivity contribution < 1.29 is 9.18 Å². The number of likely N-dealkylation sites (tertiary alicyclic amines) is 1. The zero-order chi connectivity index (χ0) is 19.1. The van der Waals surface area contributed by atoms with Crippen LogP contribution in [0.4, 0.5) is 4.39 Å². The molecule has 1 saturated heterocycles. The number of nitrogens with zero attached hydrogens (tertiary/aromatic N) is 2. The van der Waals surface area contributed by atoms with Crippen LogP contribution in [0.3, 0.4) is 0 Å². The van der Waals surface area contributed by atoms with Crippen LogP contribution in [0, 0.1) is 5.82 Å². The van der Waals surface area contributed by atoms with Gasteiger partial charge in [-0.3, -0.25) is 9.78 Å². The molecule has 4 nitrogen and oxygen atoms in total. The highest BCUT2D eigenvalue weighted by Crippen LogP contribution is 2.18. The SMILES string of the molecule is CCCCCN1CCC(NC(=O)c2ccc(-c3cccc(F)c3)nc2)CC1. The van der Waals surface area contributed by atoms with Gasteiger partial charge in [-0.1, -0.05) is 31.9 Å². The minimum Gasteiger partial charge on any atom is -0.349 e. The van der Waals surface area contributed by atoms with Crippen molar-refractivity contribution in [1.29, 1.82) is 0 Å². The molecule has 0 unspecified atom stereocenters. The zero-order valence-corrected chi connectivity index (χ0v) is 16.0. The molecule has 0 spiro atoms. The van der Waals surface area contributed by atoms with Gasteiger partial charge in [0.2, 0.25) is 0 Å². The highest BCUT2D eigenvalue weighted by atomic mass is 19.1. The lowest BCUT2D eigenvalue weighted by atomic mass is 10.0. The average molecular weight is 369 g/mol. The largest absolute Gasteiger partial charge is 0.349 e.